The molecule has 10 heteroatoms. The molecule has 6 rings (SSSR count). The second kappa shape index (κ2) is 10.2. The lowest BCUT2D eigenvalue weighted by Gasteiger charge is -2.42. The van der Waals surface area contributed by atoms with Crippen LogP contribution < -0.4 is 10.2 Å². The summed E-state index contributed by atoms with van der Waals surface area (Å²) in [5.41, 5.74) is 2.30. The minimum Gasteiger partial charge on any atom is -0.381 e. The highest BCUT2D eigenvalue weighted by Gasteiger charge is 2.43. The van der Waals surface area contributed by atoms with Gasteiger partial charge < -0.3 is 14.8 Å². The van der Waals surface area contributed by atoms with E-state index in [-0.39, 0.29) is 41.5 Å². The molecule has 0 aromatic carbocycles. The molecule has 0 aliphatic carbocycles. The molecule has 4 aliphatic rings. The van der Waals surface area contributed by atoms with Crippen molar-refractivity contribution < 1.29 is 19.1 Å². The number of anilines is 2. The minimum absolute atomic E-state index is 0.0343. The van der Waals surface area contributed by atoms with Crippen LogP contribution in [0.3, 0.4) is 0 Å². The standard InChI is InChI=1S/C14H17BrN2O2.C11H11BrN2O2/c1-8(2)17-13-11(5-9(15)6-16-13)10-3-4-19-7-12(10)14(17)18;12-6-3-8-7-1-2-16-5-9(7)11(15)14-10(8)13-4-6/h5-6,8,10,12H,3-4,7H2,1-2H3;3-4,7,9H,1-2,5H2,(H,13,14,15)/t10-,12+;7-,9+/m00/s1. The van der Waals surface area contributed by atoms with Gasteiger partial charge in [-0.2, -0.15) is 0 Å². The molecule has 2 amide bonds. The molecule has 4 aliphatic heterocycles. The van der Waals surface area contributed by atoms with Gasteiger partial charge in [0.25, 0.3) is 0 Å². The molecule has 6 heterocycles. The summed E-state index contributed by atoms with van der Waals surface area (Å²) in [6, 6.07) is 4.26. The van der Waals surface area contributed by atoms with E-state index in [9.17, 15) is 9.59 Å². The van der Waals surface area contributed by atoms with Crippen LogP contribution in [0.4, 0.5) is 11.6 Å². The number of aromatic nitrogens is 2. The van der Waals surface area contributed by atoms with E-state index in [4.69, 9.17) is 9.47 Å². The third-order valence-electron chi connectivity index (χ3n) is 7.13. The van der Waals surface area contributed by atoms with Crippen LogP contribution in [0.5, 0.6) is 0 Å². The predicted molar refractivity (Wildman–Crippen MR) is 138 cm³/mol. The van der Waals surface area contributed by atoms with Crippen molar-refractivity contribution in [3.63, 3.8) is 0 Å². The van der Waals surface area contributed by atoms with Gasteiger partial charge in [0, 0.05) is 63.6 Å². The number of carbonyl (C=O) groups excluding carboxylic acids is 2. The fourth-order valence-electron chi connectivity index (χ4n) is 5.48. The second-order valence-corrected chi connectivity index (χ2v) is 11.4. The Morgan fingerprint density at radius 2 is 1.51 bits per heavy atom. The minimum atomic E-state index is -0.0580. The molecule has 0 bridgehead atoms. The van der Waals surface area contributed by atoms with E-state index < -0.39 is 0 Å². The van der Waals surface area contributed by atoms with Crippen molar-refractivity contribution in [2.24, 2.45) is 11.8 Å². The van der Waals surface area contributed by atoms with Crippen molar-refractivity contribution in [2.45, 2.75) is 44.6 Å². The molecule has 0 saturated carbocycles. The SMILES string of the molecule is CC(C)N1C(=O)[C@@H]2COCC[C@H]2c2cc(Br)cnc21.O=C1Nc2ncc(Br)cc2[C@@H]2CCOC[C@@H]12. The molecule has 2 fully saturated rings. The average molecular weight is 608 g/mol. The smallest absolute Gasteiger partial charge is 0.234 e. The van der Waals surface area contributed by atoms with Crippen LogP contribution in [-0.4, -0.2) is 54.3 Å². The van der Waals surface area contributed by atoms with Crippen LogP contribution in [0.25, 0.3) is 0 Å². The Morgan fingerprint density at radius 1 is 0.914 bits per heavy atom. The highest BCUT2D eigenvalue weighted by atomic mass is 79.9. The van der Waals surface area contributed by atoms with E-state index in [1.807, 2.05) is 24.8 Å². The number of amides is 2. The maximum atomic E-state index is 12.6. The first-order valence-corrected chi connectivity index (χ1v) is 13.5. The van der Waals surface area contributed by atoms with Crippen LogP contribution in [0.2, 0.25) is 0 Å². The molecule has 0 unspecified atom stereocenters. The van der Waals surface area contributed by atoms with Gasteiger partial charge in [-0.3, -0.25) is 14.5 Å². The molecule has 1 N–H and O–H groups in total. The lowest BCUT2D eigenvalue weighted by molar-refractivity contribution is -0.128. The van der Waals surface area contributed by atoms with Crippen molar-refractivity contribution in [1.29, 1.82) is 0 Å². The zero-order valence-corrected chi connectivity index (χ0v) is 22.8. The number of nitrogens with zero attached hydrogens (tertiary/aromatic N) is 3. The summed E-state index contributed by atoms with van der Waals surface area (Å²) in [6.07, 6.45) is 5.26. The maximum absolute atomic E-state index is 12.6. The largest absolute Gasteiger partial charge is 0.381 e. The first-order valence-electron chi connectivity index (χ1n) is 12.0. The Kier molecular flexibility index (Phi) is 7.25. The third kappa shape index (κ3) is 4.77. The molecule has 0 spiro atoms. The Hall–Kier alpha value is -1.88. The first-order chi connectivity index (χ1) is 16.8. The maximum Gasteiger partial charge on any atom is 0.234 e. The van der Waals surface area contributed by atoms with Gasteiger partial charge in [0.1, 0.15) is 11.6 Å². The van der Waals surface area contributed by atoms with Gasteiger partial charge >= 0.3 is 0 Å². The summed E-state index contributed by atoms with van der Waals surface area (Å²) >= 11 is 6.90. The van der Waals surface area contributed by atoms with Gasteiger partial charge in [0.05, 0.1) is 25.0 Å². The van der Waals surface area contributed by atoms with Gasteiger partial charge in [-0.15, -0.1) is 0 Å². The summed E-state index contributed by atoms with van der Waals surface area (Å²) in [6.45, 7) is 6.54. The van der Waals surface area contributed by atoms with Crippen LogP contribution in [0.1, 0.15) is 49.7 Å². The number of carbonyl (C=O) groups is 2. The Labute approximate surface area is 221 Å². The number of halogens is 2. The molecule has 2 saturated heterocycles. The Bertz CT molecular complexity index is 1140. The van der Waals surface area contributed by atoms with Gasteiger partial charge in [-0.1, -0.05) is 0 Å². The highest BCUT2D eigenvalue weighted by molar-refractivity contribution is 9.10. The summed E-state index contributed by atoms with van der Waals surface area (Å²) in [4.78, 5) is 35.0. The van der Waals surface area contributed by atoms with Crippen molar-refractivity contribution in [2.75, 3.05) is 36.6 Å². The lowest BCUT2D eigenvalue weighted by Crippen LogP contribution is -2.50. The summed E-state index contributed by atoms with van der Waals surface area (Å²) in [7, 11) is 0. The van der Waals surface area contributed by atoms with Crippen LogP contribution in [0.15, 0.2) is 33.5 Å². The fourth-order valence-corrected chi connectivity index (χ4v) is 6.18. The molecule has 2 aromatic heterocycles. The van der Waals surface area contributed by atoms with E-state index >= 15 is 0 Å². The van der Waals surface area contributed by atoms with E-state index in [2.05, 4.69) is 53.2 Å². The summed E-state index contributed by atoms with van der Waals surface area (Å²) < 4.78 is 12.8. The Morgan fingerprint density at radius 3 is 2.20 bits per heavy atom. The quantitative estimate of drug-likeness (QED) is 0.508. The number of ether oxygens (including phenoxy) is 2. The van der Waals surface area contributed by atoms with E-state index in [1.165, 1.54) is 5.56 Å². The summed E-state index contributed by atoms with van der Waals surface area (Å²) in [5.74, 6) is 2.10. The van der Waals surface area contributed by atoms with E-state index in [0.29, 0.717) is 19.0 Å². The van der Waals surface area contributed by atoms with Gasteiger partial charge in [0.2, 0.25) is 11.8 Å². The fraction of sp³-hybridized carbons (Fsp3) is 0.520. The summed E-state index contributed by atoms with van der Waals surface area (Å²) in [5, 5.41) is 2.84. The van der Waals surface area contributed by atoms with Crippen LogP contribution in [-0.2, 0) is 19.1 Å². The van der Waals surface area contributed by atoms with Crippen molar-refractivity contribution in [3.05, 3.63) is 44.6 Å². The van der Waals surface area contributed by atoms with Gasteiger partial charge in [-0.25, -0.2) is 9.97 Å². The molecule has 8 nitrogen and oxygen atoms in total. The first kappa shape index (κ1) is 24.8. The van der Waals surface area contributed by atoms with Crippen molar-refractivity contribution in [1.82, 2.24) is 9.97 Å². The molecule has 2 aromatic rings. The zero-order chi connectivity index (χ0) is 24.7. The lowest BCUT2D eigenvalue weighted by atomic mass is 9.79. The molecular weight excluding hydrogens is 580 g/mol. The van der Waals surface area contributed by atoms with E-state index in [0.717, 1.165) is 46.4 Å². The van der Waals surface area contributed by atoms with Crippen LogP contribution in [0, 0.1) is 11.8 Å². The highest BCUT2D eigenvalue weighted by Crippen LogP contribution is 2.44. The van der Waals surface area contributed by atoms with E-state index in [1.54, 1.807) is 12.4 Å². The van der Waals surface area contributed by atoms with Crippen LogP contribution >= 0.6 is 31.9 Å². The number of rotatable bonds is 1. The molecule has 35 heavy (non-hydrogen) atoms. The Balaban J connectivity index is 0.000000147. The van der Waals surface area contributed by atoms with Crippen molar-refractivity contribution >= 4 is 55.3 Å². The number of pyridine rings is 2. The number of hydrogen-bond donors (Lipinski definition) is 1. The van der Waals surface area contributed by atoms with Gasteiger partial charge in [0.15, 0.2) is 0 Å². The third-order valence-corrected chi connectivity index (χ3v) is 8.00. The number of hydrogen-bond acceptors (Lipinski definition) is 6. The number of fused-ring (bicyclic) bond motifs is 6. The van der Waals surface area contributed by atoms with Gasteiger partial charge in [-0.05, 0) is 70.7 Å². The zero-order valence-electron chi connectivity index (χ0n) is 19.7. The van der Waals surface area contributed by atoms with Crippen molar-refractivity contribution in [3.8, 4) is 0 Å². The monoisotopic (exact) mass is 606 g/mol. The molecular formula is C25H28Br2N4O4. The molecule has 0 radical (unpaired) electrons. The topological polar surface area (TPSA) is 93.7 Å². The molecule has 186 valence electrons. The number of nitrogens with one attached hydrogen (secondary N) is 1. The molecule has 4 atom stereocenters. The predicted octanol–water partition coefficient (Wildman–Crippen LogP) is 4.64. The average Bonchev–Trinajstić information content (AvgIpc) is 2.85. The normalized spacial score (nSPS) is 27.1. The second-order valence-electron chi connectivity index (χ2n) is 9.60.